The highest BCUT2D eigenvalue weighted by Crippen LogP contribution is 2.36. The highest BCUT2D eigenvalue weighted by molar-refractivity contribution is 7.19. The van der Waals surface area contributed by atoms with E-state index in [4.69, 9.17) is 4.74 Å². The fraction of sp³-hybridized carbons (Fsp3) is 0.100. The van der Waals surface area contributed by atoms with E-state index in [2.05, 4.69) is 10.3 Å². The largest absolute Gasteiger partial charge is 0.508 e. The van der Waals surface area contributed by atoms with Crippen LogP contribution in [0.15, 0.2) is 48.7 Å². The maximum atomic E-state index is 12.1. The van der Waals surface area contributed by atoms with Crippen LogP contribution in [0.1, 0.15) is 15.2 Å². The molecule has 0 saturated heterocycles. The molecule has 0 aliphatic carbocycles. The van der Waals surface area contributed by atoms with Crippen molar-refractivity contribution in [1.82, 2.24) is 10.3 Å². The summed E-state index contributed by atoms with van der Waals surface area (Å²) >= 11 is 1.56. The van der Waals surface area contributed by atoms with Crippen LogP contribution in [0.5, 0.6) is 17.2 Å². The number of amides is 1. The number of carbonyl (C=O) groups is 1. The third kappa shape index (κ3) is 2.74. The van der Waals surface area contributed by atoms with Crippen LogP contribution < -0.4 is 10.1 Å². The highest BCUT2D eigenvalue weighted by atomic mass is 32.1. The number of phenolic OH excluding ortho intramolecular Hbond substituents is 1. The molecule has 0 aliphatic heterocycles. The third-order valence-corrected chi connectivity index (χ3v) is 5.27. The summed E-state index contributed by atoms with van der Waals surface area (Å²) in [6, 6.07) is 12.4. The Bertz CT molecular complexity index is 1150. The number of thiophene rings is 1. The number of aromatic nitrogens is 1. The summed E-state index contributed by atoms with van der Waals surface area (Å²) in [4.78, 5) is 17.4. The molecule has 0 aliphatic rings. The first-order valence-corrected chi connectivity index (χ1v) is 8.89. The van der Waals surface area contributed by atoms with Crippen molar-refractivity contribution in [3.8, 4) is 17.2 Å². The maximum Gasteiger partial charge on any atom is 0.252 e. The van der Waals surface area contributed by atoms with E-state index in [0.717, 1.165) is 25.9 Å². The SMILES string of the molecule is CNC(=O)c1c(C)sc2cc(Oc3ccnc4ccc(O)cc34)ccc12. The molecule has 4 rings (SSSR count). The number of nitrogens with zero attached hydrogens (tertiary/aromatic N) is 1. The minimum atomic E-state index is -0.0852. The predicted octanol–water partition coefficient (Wildman–Crippen LogP) is 4.62. The van der Waals surface area contributed by atoms with Gasteiger partial charge in [-0.25, -0.2) is 0 Å². The number of fused-ring (bicyclic) bond motifs is 2. The zero-order valence-corrected chi connectivity index (χ0v) is 15.1. The average Bonchev–Trinajstić information content (AvgIpc) is 2.96. The Morgan fingerprint density at radius 3 is 2.81 bits per heavy atom. The van der Waals surface area contributed by atoms with Crippen molar-refractivity contribution in [3.63, 3.8) is 0 Å². The Balaban J connectivity index is 1.77. The molecule has 2 aromatic carbocycles. The third-order valence-electron chi connectivity index (χ3n) is 4.20. The summed E-state index contributed by atoms with van der Waals surface area (Å²) in [7, 11) is 1.63. The van der Waals surface area contributed by atoms with E-state index in [-0.39, 0.29) is 11.7 Å². The molecule has 6 heteroatoms. The molecule has 0 spiro atoms. The summed E-state index contributed by atoms with van der Waals surface area (Å²) in [5, 5.41) is 14.1. The molecule has 0 saturated carbocycles. The molecule has 0 bridgehead atoms. The second kappa shape index (κ2) is 6.31. The Morgan fingerprint density at radius 1 is 1.15 bits per heavy atom. The molecule has 0 fully saturated rings. The van der Waals surface area contributed by atoms with Gasteiger partial charge in [-0.3, -0.25) is 9.78 Å². The molecule has 2 aromatic heterocycles. The molecule has 2 heterocycles. The van der Waals surface area contributed by atoms with Crippen molar-refractivity contribution in [3.05, 3.63) is 59.1 Å². The number of hydrogen-bond donors (Lipinski definition) is 2. The van der Waals surface area contributed by atoms with E-state index >= 15 is 0 Å². The standard InChI is InChI=1S/C20H16N2O3S/c1-11-19(20(24)21-2)14-5-4-13(10-18(14)26-11)25-17-7-8-22-16-6-3-12(23)9-15(16)17/h3-10,23H,1-2H3,(H,21,24). The Kier molecular flexibility index (Phi) is 3.97. The second-order valence-corrected chi connectivity index (χ2v) is 7.14. The van der Waals surface area contributed by atoms with Crippen LogP contribution in [0, 0.1) is 6.92 Å². The molecule has 0 atom stereocenters. The topological polar surface area (TPSA) is 71.5 Å². The molecular formula is C20H16N2O3S. The number of ether oxygens (including phenoxy) is 1. The molecule has 1 amide bonds. The van der Waals surface area contributed by atoms with Gasteiger partial charge >= 0.3 is 0 Å². The molecule has 4 aromatic rings. The van der Waals surface area contributed by atoms with Crippen LogP contribution in [-0.4, -0.2) is 23.0 Å². The molecule has 5 nitrogen and oxygen atoms in total. The van der Waals surface area contributed by atoms with Crippen molar-refractivity contribution in [2.75, 3.05) is 7.05 Å². The van der Waals surface area contributed by atoms with Crippen molar-refractivity contribution in [2.24, 2.45) is 0 Å². The fourth-order valence-corrected chi connectivity index (χ4v) is 4.08. The first-order valence-electron chi connectivity index (χ1n) is 8.07. The number of phenols is 1. The molecular weight excluding hydrogens is 348 g/mol. The lowest BCUT2D eigenvalue weighted by molar-refractivity contribution is 0.0964. The summed E-state index contributed by atoms with van der Waals surface area (Å²) < 4.78 is 7.03. The molecule has 26 heavy (non-hydrogen) atoms. The number of hydrogen-bond acceptors (Lipinski definition) is 5. The molecule has 2 N–H and O–H groups in total. The summed E-state index contributed by atoms with van der Waals surface area (Å²) in [5.41, 5.74) is 1.45. The molecule has 0 unspecified atom stereocenters. The number of aromatic hydroxyl groups is 1. The summed E-state index contributed by atoms with van der Waals surface area (Å²) in [6.07, 6.45) is 1.67. The van der Waals surface area contributed by atoms with Gasteiger partial charge in [0.15, 0.2) is 0 Å². The van der Waals surface area contributed by atoms with Gasteiger partial charge in [-0.15, -0.1) is 11.3 Å². The van der Waals surface area contributed by atoms with Gasteiger partial charge in [0.1, 0.15) is 17.2 Å². The molecule has 0 radical (unpaired) electrons. The lowest BCUT2D eigenvalue weighted by Gasteiger charge is -2.09. The van der Waals surface area contributed by atoms with E-state index in [1.165, 1.54) is 0 Å². The second-order valence-electron chi connectivity index (χ2n) is 5.88. The fourth-order valence-electron chi connectivity index (χ4n) is 2.99. The van der Waals surface area contributed by atoms with Crippen molar-refractivity contribution in [2.45, 2.75) is 6.92 Å². The quantitative estimate of drug-likeness (QED) is 0.557. The number of rotatable bonds is 3. The number of benzene rings is 2. The van der Waals surface area contributed by atoms with Crippen LogP contribution in [0.2, 0.25) is 0 Å². The van der Waals surface area contributed by atoms with Crippen LogP contribution in [0.25, 0.3) is 21.0 Å². The van der Waals surface area contributed by atoms with E-state index in [1.54, 1.807) is 48.8 Å². The van der Waals surface area contributed by atoms with Crippen LogP contribution >= 0.6 is 11.3 Å². The monoisotopic (exact) mass is 364 g/mol. The lowest BCUT2D eigenvalue weighted by Crippen LogP contribution is -2.18. The van der Waals surface area contributed by atoms with E-state index < -0.39 is 0 Å². The lowest BCUT2D eigenvalue weighted by atomic mass is 10.1. The van der Waals surface area contributed by atoms with Gasteiger partial charge in [-0.1, -0.05) is 0 Å². The first-order chi connectivity index (χ1) is 12.6. The smallest absolute Gasteiger partial charge is 0.252 e. The first kappa shape index (κ1) is 16.4. The highest BCUT2D eigenvalue weighted by Gasteiger charge is 2.16. The van der Waals surface area contributed by atoms with Gasteiger partial charge in [-0.05, 0) is 49.4 Å². The minimum absolute atomic E-state index is 0.0852. The van der Waals surface area contributed by atoms with Gasteiger partial charge in [0.05, 0.1) is 11.1 Å². The van der Waals surface area contributed by atoms with Gasteiger partial charge < -0.3 is 15.2 Å². The van der Waals surface area contributed by atoms with Crippen molar-refractivity contribution in [1.29, 1.82) is 0 Å². The Labute approximate surface area is 153 Å². The van der Waals surface area contributed by atoms with Crippen molar-refractivity contribution < 1.29 is 14.6 Å². The Morgan fingerprint density at radius 2 is 2.00 bits per heavy atom. The van der Waals surface area contributed by atoms with Gasteiger partial charge in [0.25, 0.3) is 5.91 Å². The van der Waals surface area contributed by atoms with E-state index in [9.17, 15) is 9.90 Å². The Hall–Kier alpha value is -3.12. The van der Waals surface area contributed by atoms with Gasteiger partial charge in [-0.2, -0.15) is 0 Å². The van der Waals surface area contributed by atoms with E-state index in [1.807, 2.05) is 25.1 Å². The zero-order valence-electron chi connectivity index (χ0n) is 14.2. The number of aryl methyl sites for hydroxylation is 1. The zero-order chi connectivity index (χ0) is 18.3. The van der Waals surface area contributed by atoms with Gasteiger partial charge in [0, 0.05) is 33.6 Å². The maximum absolute atomic E-state index is 12.1. The normalized spacial score (nSPS) is 11.0. The number of carbonyl (C=O) groups excluding carboxylic acids is 1. The van der Waals surface area contributed by atoms with E-state index in [0.29, 0.717) is 17.1 Å². The summed E-state index contributed by atoms with van der Waals surface area (Å²) in [6.45, 7) is 1.94. The van der Waals surface area contributed by atoms with Crippen LogP contribution in [0.4, 0.5) is 0 Å². The predicted molar refractivity (Wildman–Crippen MR) is 103 cm³/mol. The minimum Gasteiger partial charge on any atom is -0.508 e. The number of pyridine rings is 1. The average molecular weight is 364 g/mol. The van der Waals surface area contributed by atoms with Crippen LogP contribution in [0.3, 0.4) is 0 Å². The van der Waals surface area contributed by atoms with Crippen molar-refractivity contribution >= 4 is 38.2 Å². The van der Waals surface area contributed by atoms with Gasteiger partial charge in [0.2, 0.25) is 0 Å². The van der Waals surface area contributed by atoms with Crippen LogP contribution in [-0.2, 0) is 0 Å². The molecule has 130 valence electrons. The summed E-state index contributed by atoms with van der Waals surface area (Å²) in [5.74, 6) is 1.36. The number of nitrogens with one attached hydrogen (secondary N) is 1.